The van der Waals surface area contributed by atoms with Crippen LogP contribution < -0.4 is 19.9 Å². The summed E-state index contributed by atoms with van der Waals surface area (Å²) in [6, 6.07) is 10.9. The van der Waals surface area contributed by atoms with Crippen molar-refractivity contribution in [2.45, 2.75) is 46.1 Å². The van der Waals surface area contributed by atoms with Crippen molar-refractivity contribution in [1.29, 1.82) is 0 Å². The lowest BCUT2D eigenvalue weighted by atomic mass is 10.1. The lowest BCUT2D eigenvalue weighted by Gasteiger charge is -2.27. The number of ether oxygens (including phenoxy) is 1. The maximum absolute atomic E-state index is 13.9. The van der Waals surface area contributed by atoms with E-state index in [0.717, 1.165) is 18.9 Å². The third-order valence-electron chi connectivity index (χ3n) is 7.27. The number of aromatic nitrogens is 2. The van der Waals surface area contributed by atoms with Crippen LogP contribution >= 0.6 is 0 Å². The number of carboxylic acids is 1. The molecule has 0 saturated carbocycles. The third kappa shape index (κ3) is 7.76. The van der Waals surface area contributed by atoms with Gasteiger partial charge in [-0.2, -0.15) is 4.98 Å². The van der Waals surface area contributed by atoms with E-state index >= 15 is 0 Å². The zero-order valence-corrected chi connectivity index (χ0v) is 24.6. The Morgan fingerprint density at radius 2 is 1.74 bits per heavy atom. The number of nitrogens with zero attached hydrogens (tertiary/aromatic N) is 5. The van der Waals surface area contributed by atoms with E-state index in [9.17, 15) is 23.9 Å². The molecule has 0 bridgehead atoms. The van der Waals surface area contributed by atoms with Crippen molar-refractivity contribution < 1.29 is 28.6 Å². The van der Waals surface area contributed by atoms with Crippen LogP contribution in [0.1, 0.15) is 49.5 Å². The molecule has 0 spiro atoms. The number of hydrogen-bond acceptors (Lipinski definition) is 8. The van der Waals surface area contributed by atoms with Crippen molar-refractivity contribution in [1.82, 2.24) is 14.9 Å². The fraction of sp³-hybridized carbons (Fsp3) is 0.387. The number of anilines is 3. The van der Waals surface area contributed by atoms with Crippen LogP contribution in [0.4, 0.5) is 26.6 Å². The standard InChI is InChI=1S/C31H37FN6O5/c1-4-36(5-2)30-33-20-26(38(6-3)28(39)22-10-9-11-23(32)19-22)27(35-30)34-25(29(40)41)18-21-12-14-24(15-13-21)43-31(42)37-16-7-8-17-37/h9-15,19-20,25H,4-8,16-18H2,1-3H3,(H,40,41)(H,33,34,35)/t25-/m0/s1. The second kappa shape index (κ2) is 14.4. The summed E-state index contributed by atoms with van der Waals surface area (Å²) in [7, 11) is 0. The van der Waals surface area contributed by atoms with Crippen molar-refractivity contribution in [3.05, 3.63) is 71.7 Å². The monoisotopic (exact) mass is 592 g/mol. The number of carbonyl (C=O) groups excluding carboxylic acids is 2. The van der Waals surface area contributed by atoms with E-state index in [1.54, 1.807) is 36.1 Å². The number of hydrogen-bond donors (Lipinski definition) is 2. The summed E-state index contributed by atoms with van der Waals surface area (Å²) in [5, 5.41) is 13.2. The van der Waals surface area contributed by atoms with Gasteiger partial charge in [0.15, 0.2) is 5.82 Å². The van der Waals surface area contributed by atoms with E-state index in [1.807, 2.05) is 18.7 Å². The Morgan fingerprint density at radius 1 is 1.05 bits per heavy atom. The Kier molecular flexibility index (Phi) is 10.5. The first-order valence-electron chi connectivity index (χ1n) is 14.5. The topological polar surface area (TPSA) is 128 Å². The molecule has 12 heteroatoms. The van der Waals surface area contributed by atoms with Crippen LogP contribution in [-0.2, 0) is 11.2 Å². The summed E-state index contributed by atoms with van der Waals surface area (Å²) in [5.41, 5.74) is 1.09. The minimum atomic E-state index is -1.13. The van der Waals surface area contributed by atoms with E-state index in [4.69, 9.17) is 4.74 Å². The zero-order chi connectivity index (χ0) is 30.9. The first-order valence-corrected chi connectivity index (χ1v) is 14.5. The van der Waals surface area contributed by atoms with Gasteiger partial charge in [-0.1, -0.05) is 18.2 Å². The SMILES string of the molecule is CCN(CC)c1ncc(N(CC)C(=O)c2cccc(F)c2)c(N[C@@H](Cc2ccc(OC(=O)N3CCCC3)cc2)C(=O)O)n1. The minimum absolute atomic E-state index is 0.0731. The number of aliphatic carboxylic acids is 1. The van der Waals surface area contributed by atoms with E-state index in [-0.39, 0.29) is 30.0 Å². The molecule has 2 N–H and O–H groups in total. The second-order valence-electron chi connectivity index (χ2n) is 10.1. The maximum atomic E-state index is 13.9. The summed E-state index contributed by atoms with van der Waals surface area (Å²) in [5.74, 6) is -1.24. The van der Waals surface area contributed by atoms with Crippen LogP contribution in [0.2, 0.25) is 0 Å². The quantitative estimate of drug-likeness (QED) is 0.304. The first kappa shape index (κ1) is 31.2. The van der Waals surface area contributed by atoms with E-state index in [0.29, 0.717) is 43.4 Å². The molecule has 4 rings (SSSR count). The molecule has 43 heavy (non-hydrogen) atoms. The highest BCUT2D eigenvalue weighted by molar-refractivity contribution is 6.07. The highest BCUT2D eigenvalue weighted by atomic mass is 19.1. The summed E-state index contributed by atoms with van der Waals surface area (Å²) in [6.07, 6.45) is 3.06. The van der Waals surface area contributed by atoms with Crippen molar-refractivity contribution in [3.8, 4) is 5.75 Å². The molecule has 1 fully saturated rings. The van der Waals surface area contributed by atoms with Crippen molar-refractivity contribution in [3.63, 3.8) is 0 Å². The molecule has 0 unspecified atom stereocenters. The van der Waals surface area contributed by atoms with Gasteiger partial charge in [0.1, 0.15) is 23.3 Å². The molecule has 2 aromatic carbocycles. The Hall–Kier alpha value is -4.74. The number of carboxylic acid groups (broad SMARTS) is 1. The normalized spacial score (nSPS) is 13.3. The molecule has 1 aliphatic rings. The highest BCUT2D eigenvalue weighted by Crippen LogP contribution is 2.28. The van der Waals surface area contributed by atoms with E-state index in [2.05, 4.69) is 15.3 Å². The fourth-order valence-electron chi connectivity index (χ4n) is 4.89. The van der Waals surface area contributed by atoms with Gasteiger partial charge in [-0.15, -0.1) is 0 Å². The van der Waals surface area contributed by atoms with Crippen LogP contribution in [0, 0.1) is 5.82 Å². The van der Waals surface area contributed by atoms with Gasteiger partial charge in [0, 0.05) is 44.7 Å². The number of halogens is 1. The number of amides is 2. The smallest absolute Gasteiger partial charge is 0.415 e. The number of nitrogens with one attached hydrogen (secondary N) is 1. The highest BCUT2D eigenvalue weighted by Gasteiger charge is 2.26. The molecular weight excluding hydrogens is 555 g/mol. The Morgan fingerprint density at radius 3 is 2.35 bits per heavy atom. The molecule has 1 aliphatic heterocycles. The molecule has 2 heterocycles. The lowest BCUT2D eigenvalue weighted by Crippen LogP contribution is -2.36. The van der Waals surface area contributed by atoms with Crippen molar-refractivity contribution in [2.24, 2.45) is 0 Å². The number of benzene rings is 2. The second-order valence-corrected chi connectivity index (χ2v) is 10.1. The number of likely N-dealkylation sites (tertiary alicyclic amines) is 1. The van der Waals surface area contributed by atoms with Crippen LogP contribution in [0.3, 0.4) is 0 Å². The largest absolute Gasteiger partial charge is 0.480 e. The predicted octanol–water partition coefficient (Wildman–Crippen LogP) is 4.83. The van der Waals surface area contributed by atoms with E-state index in [1.165, 1.54) is 29.3 Å². The molecular formula is C31H37FN6O5. The Bertz CT molecular complexity index is 1430. The maximum Gasteiger partial charge on any atom is 0.415 e. The molecule has 1 saturated heterocycles. The first-order chi connectivity index (χ1) is 20.7. The van der Waals surface area contributed by atoms with Crippen LogP contribution in [0.25, 0.3) is 0 Å². The van der Waals surface area contributed by atoms with Gasteiger partial charge in [-0.25, -0.2) is 19.0 Å². The number of carbonyl (C=O) groups is 3. The van der Waals surface area contributed by atoms with E-state index < -0.39 is 29.8 Å². The van der Waals surface area contributed by atoms with Crippen LogP contribution in [0.5, 0.6) is 5.75 Å². The molecule has 2 amide bonds. The molecule has 228 valence electrons. The van der Waals surface area contributed by atoms with Crippen molar-refractivity contribution >= 4 is 35.4 Å². The predicted molar refractivity (Wildman–Crippen MR) is 161 cm³/mol. The summed E-state index contributed by atoms with van der Waals surface area (Å²) in [4.78, 5) is 52.2. The summed E-state index contributed by atoms with van der Waals surface area (Å²) >= 11 is 0. The Labute approximate surface area is 250 Å². The fourth-order valence-corrected chi connectivity index (χ4v) is 4.89. The van der Waals surface area contributed by atoms with Gasteiger partial charge >= 0.3 is 12.1 Å². The lowest BCUT2D eigenvalue weighted by molar-refractivity contribution is -0.137. The Balaban J connectivity index is 1.60. The molecule has 1 atom stereocenters. The molecule has 1 aromatic heterocycles. The molecule has 3 aromatic rings. The van der Waals surface area contributed by atoms with Crippen LogP contribution in [-0.4, -0.2) is 76.7 Å². The van der Waals surface area contributed by atoms with Gasteiger partial charge in [0.05, 0.1) is 6.20 Å². The van der Waals surface area contributed by atoms with Crippen molar-refractivity contribution in [2.75, 3.05) is 47.8 Å². The summed E-state index contributed by atoms with van der Waals surface area (Å²) < 4.78 is 19.4. The molecule has 0 aliphatic carbocycles. The number of rotatable bonds is 12. The molecule has 11 nitrogen and oxygen atoms in total. The zero-order valence-electron chi connectivity index (χ0n) is 24.6. The van der Waals surface area contributed by atoms with Crippen LogP contribution in [0.15, 0.2) is 54.7 Å². The average Bonchev–Trinajstić information content (AvgIpc) is 3.55. The van der Waals surface area contributed by atoms with Gasteiger partial charge in [-0.05, 0) is 69.5 Å². The molecule has 0 radical (unpaired) electrons. The van der Waals surface area contributed by atoms with Gasteiger partial charge in [0.25, 0.3) is 5.91 Å². The third-order valence-corrected chi connectivity index (χ3v) is 7.27. The minimum Gasteiger partial charge on any atom is -0.480 e. The van der Waals surface area contributed by atoms with Gasteiger partial charge in [-0.3, -0.25) is 4.79 Å². The average molecular weight is 593 g/mol. The van der Waals surface area contributed by atoms with Gasteiger partial charge < -0.3 is 29.9 Å². The summed E-state index contributed by atoms with van der Waals surface area (Å²) in [6.45, 7) is 8.44. The van der Waals surface area contributed by atoms with Gasteiger partial charge in [0.2, 0.25) is 5.95 Å².